The van der Waals surface area contributed by atoms with E-state index in [1.165, 1.54) is 4.90 Å². The molecule has 0 saturated carbocycles. The molecule has 0 spiro atoms. The highest BCUT2D eigenvalue weighted by Gasteiger charge is 2.26. The second-order valence-corrected chi connectivity index (χ2v) is 6.12. The monoisotopic (exact) mass is 309 g/mol. The van der Waals surface area contributed by atoms with Gasteiger partial charge < -0.3 is 5.32 Å². The molecule has 0 amide bonds. The zero-order chi connectivity index (χ0) is 13.9. The summed E-state index contributed by atoms with van der Waals surface area (Å²) in [5.74, 6) is 0.978. The minimum atomic E-state index is -4.06. The summed E-state index contributed by atoms with van der Waals surface area (Å²) < 4.78 is 36.2. The maximum atomic E-state index is 12.1. The molecule has 106 valence electrons. The van der Waals surface area contributed by atoms with E-state index in [4.69, 9.17) is 11.6 Å². The van der Waals surface area contributed by atoms with Crippen molar-refractivity contribution in [1.29, 1.82) is 0 Å². The van der Waals surface area contributed by atoms with Crippen molar-refractivity contribution in [1.82, 2.24) is 5.32 Å². The molecule has 1 unspecified atom stereocenters. The van der Waals surface area contributed by atoms with Crippen LogP contribution in [0.2, 0.25) is 5.02 Å². The molecule has 1 aliphatic rings. The molecule has 1 N–H and O–H groups in total. The third kappa shape index (κ3) is 4.58. The van der Waals surface area contributed by atoms with Gasteiger partial charge in [-0.1, -0.05) is 11.6 Å². The molecule has 0 saturated heterocycles. The second kappa shape index (κ2) is 6.37. The highest BCUT2D eigenvalue weighted by molar-refractivity contribution is 7.99. The smallest absolute Gasteiger partial charge is 0.310 e. The van der Waals surface area contributed by atoms with E-state index < -0.39 is 12.6 Å². The van der Waals surface area contributed by atoms with Gasteiger partial charge in [0.1, 0.15) is 0 Å². The largest absolute Gasteiger partial charge is 0.389 e. The lowest BCUT2D eigenvalue weighted by Crippen LogP contribution is -2.26. The Balaban J connectivity index is 1.91. The Hall–Kier alpha value is -0.390. The minimum absolute atomic E-state index is 0.114. The molecule has 0 aromatic heterocycles. The van der Waals surface area contributed by atoms with Gasteiger partial charge in [-0.05, 0) is 48.9 Å². The number of hydrogen-bond acceptors (Lipinski definition) is 2. The van der Waals surface area contributed by atoms with Gasteiger partial charge in [0.2, 0.25) is 0 Å². The Morgan fingerprint density at radius 1 is 1.37 bits per heavy atom. The topological polar surface area (TPSA) is 12.0 Å². The summed E-state index contributed by atoms with van der Waals surface area (Å²) in [6.45, 7) is 0.376. The first kappa shape index (κ1) is 15.0. The van der Waals surface area contributed by atoms with E-state index in [-0.39, 0.29) is 12.5 Å². The van der Waals surface area contributed by atoms with Crippen molar-refractivity contribution in [2.45, 2.75) is 36.4 Å². The van der Waals surface area contributed by atoms with Gasteiger partial charge in [-0.3, -0.25) is 0 Å². The molecule has 1 aromatic carbocycles. The van der Waals surface area contributed by atoms with Crippen LogP contribution >= 0.6 is 23.4 Å². The van der Waals surface area contributed by atoms with Crippen LogP contribution in [0.15, 0.2) is 23.1 Å². The Bertz CT molecular complexity index is 436. The normalized spacial score (nSPS) is 19.3. The van der Waals surface area contributed by atoms with Crippen molar-refractivity contribution in [3.05, 3.63) is 28.8 Å². The fraction of sp³-hybridized carbons (Fsp3) is 0.538. The van der Waals surface area contributed by atoms with Crippen LogP contribution in [0.25, 0.3) is 0 Å². The lowest BCUT2D eigenvalue weighted by atomic mass is 10.0. The molecule has 0 aliphatic carbocycles. The summed E-state index contributed by atoms with van der Waals surface area (Å²) in [5.41, 5.74) is 1.11. The molecule has 1 atom stereocenters. The summed E-state index contributed by atoms with van der Waals surface area (Å²) in [7, 11) is 0. The molecular formula is C13H15ClF3NS. The third-order valence-corrected chi connectivity index (χ3v) is 4.40. The molecule has 6 heteroatoms. The van der Waals surface area contributed by atoms with Gasteiger partial charge in [0, 0.05) is 22.4 Å². The Labute approximate surface area is 119 Å². The van der Waals surface area contributed by atoms with Gasteiger partial charge in [-0.15, -0.1) is 11.8 Å². The first-order valence-electron chi connectivity index (χ1n) is 6.18. The van der Waals surface area contributed by atoms with Crippen molar-refractivity contribution in [3.63, 3.8) is 0 Å². The number of thioether (sulfide) groups is 1. The average molecular weight is 310 g/mol. The third-order valence-electron chi connectivity index (χ3n) is 3.04. The Morgan fingerprint density at radius 2 is 2.16 bits per heavy atom. The van der Waals surface area contributed by atoms with Crippen molar-refractivity contribution in [2.75, 3.05) is 12.3 Å². The van der Waals surface area contributed by atoms with Crippen LogP contribution < -0.4 is 5.32 Å². The first-order valence-corrected chi connectivity index (χ1v) is 7.54. The maximum Gasteiger partial charge on any atom is 0.389 e. The predicted molar refractivity (Wildman–Crippen MR) is 72.8 cm³/mol. The average Bonchev–Trinajstić information content (AvgIpc) is 2.33. The summed E-state index contributed by atoms with van der Waals surface area (Å²) in [4.78, 5) is 1.17. The molecule has 1 nitrogen and oxygen atoms in total. The fourth-order valence-electron chi connectivity index (χ4n) is 2.14. The van der Waals surface area contributed by atoms with Crippen LogP contribution in [-0.4, -0.2) is 18.5 Å². The molecule has 19 heavy (non-hydrogen) atoms. The van der Waals surface area contributed by atoms with E-state index in [0.717, 1.165) is 17.7 Å². The number of halogens is 4. The predicted octanol–water partition coefficient (Wildman–Crippen LogP) is 4.81. The number of fused-ring (bicyclic) bond motifs is 1. The van der Waals surface area contributed by atoms with E-state index in [1.54, 1.807) is 11.8 Å². The number of rotatable bonds is 4. The summed E-state index contributed by atoms with van der Waals surface area (Å²) in [5, 5.41) is 3.88. The van der Waals surface area contributed by atoms with E-state index in [2.05, 4.69) is 5.32 Å². The van der Waals surface area contributed by atoms with Gasteiger partial charge in [0.15, 0.2) is 0 Å². The van der Waals surface area contributed by atoms with Crippen LogP contribution in [0, 0.1) is 0 Å². The molecule has 1 aliphatic heterocycles. The summed E-state index contributed by atoms with van der Waals surface area (Å²) >= 11 is 7.74. The fourth-order valence-corrected chi connectivity index (χ4v) is 3.43. The van der Waals surface area contributed by atoms with E-state index in [9.17, 15) is 13.2 Å². The van der Waals surface area contributed by atoms with E-state index >= 15 is 0 Å². The zero-order valence-electron chi connectivity index (χ0n) is 10.3. The number of benzene rings is 1. The molecule has 0 bridgehead atoms. The minimum Gasteiger partial charge on any atom is -0.310 e. The highest BCUT2D eigenvalue weighted by Crippen LogP contribution is 2.37. The Morgan fingerprint density at radius 3 is 2.89 bits per heavy atom. The van der Waals surface area contributed by atoms with Crippen LogP contribution in [0.3, 0.4) is 0 Å². The van der Waals surface area contributed by atoms with Gasteiger partial charge in [-0.25, -0.2) is 0 Å². The lowest BCUT2D eigenvalue weighted by molar-refractivity contribution is -0.135. The van der Waals surface area contributed by atoms with Crippen LogP contribution in [0.4, 0.5) is 13.2 Å². The number of nitrogens with one attached hydrogen (secondary N) is 1. The molecule has 1 aromatic rings. The lowest BCUT2D eigenvalue weighted by Gasteiger charge is -2.26. The molecule has 0 fully saturated rings. The van der Waals surface area contributed by atoms with Crippen molar-refractivity contribution >= 4 is 23.4 Å². The molecule has 2 rings (SSSR count). The number of alkyl halides is 3. The highest BCUT2D eigenvalue weighted by atomic mass is 35.5. The van der Waals surface area contributed by atoms with Crippen LogP contribution in [-0.2, 0) is 0 Å². The maximum absolute atomic E-state index is 12.1. The van der Waals surface area contributed by atoms with Crippen LogP contribution in [0.5, 0.6) is 0 Å². The zero-order valence-corrected chi connectivity index (χ0v) is 11.8. The standard InChI is InChI=1S/C13H15ClF3NS/c14-9-2-3-12-10(8-9)11(4-7-19-12)18-6-1-5-13(15,16)17/h2-3,8,11,18H,1,4-7H2. The molecule has 1 heterocycles. The summed E-state index contributed by atoms with van der Waals surface area (Å²) in [6.07, 6.45) is -3.76. The van der Waals surface area contributed by atoms with Gasteiger partial charge in [-0.2, -0.15) is 13.2 Å². The van der Waals surface area contributed by atoms with Gasteiger partial charge in [0.05, 0.1) is 0 Å². The van der Waals surface area contributed by atoms with Crippen LogP contribution in [0.1, 0.15) is 30.9 Å². The van der Waals surface area contributed by atoms with Crippen molar-refractivity contribution < 1.29 is 13.2 Å². The quantitative estimate of drug-likeness (QED) is 0.801. The van der Waals surface area contributed by atoms with Crippen molar-refractivity contribution in [2.24, 2.45) is 0 Å². The molecule has 0 radical (unpaired) electrons. The Kier molecular flexibility index (Phi) is 5.03. The van der Waals surface area contributed by atoms with Crippen molar-refractivity contribution in [3.8, 4) is 0 Å². The first-order chi connectivity index (χ1) is 8.96. The van der Waals surface area contributed by atoms with Gasteiger partial charge >= 0.3 is 6.18 Å². The van der Waals surface area contributed by atoms with Gasteiger partial charge in [0.25, 0.3) is 0 Å². The second-order valence-electron chi connectivity index (χ2n) is 4.54. The van der Waals surface area contributed by atoms with E-state index in [0.29, 0.717) is 11.6 Å². The SMILES string of the molecule is FC(F)(F)CCCNC1CCSc2ccc(Cl)cc21. The molecular weight excluding hydrogens is 295 g/mol. The summed E-state index contributed by atoms with van der Waals surface area (Å²) in [6, 6.07) is 5.85. The van der Waals surface area contributed by atoms with E-state index in [1.807, 2.05) is 18.2 Å². The number of hydrogen-bond donors (Lipinski definition) is 1.